The van der Waals surface area contributed by atoms with E-state index in [1.165, 1.54) is 4.90 Å². The highest BCUT2D eigenvalue weighted by molar-refractivity contribution is 7.62. The van der Waals surface area contributed by atoms with Gasteiger partial charge in [0.2, 0.25) is 19.2 Å². The van der Waals surface area contributed by atoms with Crippen molar-refractivity contribution < 1.29 is 18.7 Å². The molecular weight excluding hydrogens is 349 g/mol. The number of benzene rings is 1. The van der Waals surface area contributed by atoms with Gasteiger partial charge >= 0.3 is 0 Å². The second kappa shape index (κ2) is 5.64. The third-order valence-corrected chi connectivity index (χ3v) is 8.86. The molecule has 0 saturated carbocycles. The van der Waals surface area contributed by atoms with Crippen LogP contribution >= 0.6 is 7.37 Å². The van der Waals surface area contributed by atoms with Gasteiger partial charge in [0.25, 0.3) is 0 Å². The van der Waals surface area contributed by atoms with Crippen LogP contribution < -0.4 is 4.90 Å². The summed E-state index contributed by atoms with van der Waals surface area (Å²) in [5, 5.41) is 0. The minimum Gasteiger partial charge on any atom is -0.327 e. The Balaban J connectivity index is 1.70. The number of amides is 2. The minimum atomic E-state index is -3.12. The molecule has 3 aliphatic heterocycles. The molecule has 26 heavy (non-hydrogen) atoms. The Labute approximate surface area is 153 Å². The van der Waals surface area contributed by atoms with Crippen LogP contribution in [0.3, 0.4) is 0 Å². The van der Waals surface area contributed by atoms with Crippen molar-refractivity contribution in [2.75, 3.05) is 11.5 Å². The molecule has 2 bridgehead atoms. The first-order chi connectivity index (χ1) is 12.1. The predicted molar refractivity (Wildman–Crippen MR) is 100 cm³/mol. The molecule has 1 aromatic rings. The second-order valence-corrected chi connectivity index (χ2v) is 11.4. The molecule has 5 nitrogen and oxygen atoms in total. The number of hydrogen-bond acceptors (Lipinski definition) is 4. The summed E-state index contributed by atoms with van der Waals surface area (Å²) in [5.74, 6) is -1.63. The molecule has 6 heteroatoms. The molecular formula is C20H24NO4P. The Morgan fingerprint density at radius 2 is 1.69 bits per heavy atom. The first-order valence-corrected chi connectivity index (χ1v) is 10.8. The van der Waals surface area contributed by atoms with E-state index in [-0.39, 0.29) is 17.2 Å². The molecule has 1 aromatic carbocycles. The van der Waals surface area contributed by atoms with Crippen molar-refractivity contribution in [1.82, 2.24) is 0 Å². The molecule has 4 rings (SSSR count). The van der Waals surface area contributed by atoms with E-state index in [0.717, 1.165) is 5.57 Å². The third-order valence-electron chi connectivity index (χ3n) is 5.52. The van der Waals surface area contributed by atoms with Gasteiger partial charge in [0.1, 0.15) is 0 Å². The van der Waals surface area contributed by atoms with Crippen LogP contribution in [0.1, 0.15) is 27.7 Å². The molecule has 0 unspecified atom stereocenters. The fourth-order valence-corrected chi connectivity index (χ4v) is 8.38. The Hall–Kier alpha value is -1.71. The van der Waals surface area contributed by atoms with Crippen LogP contribution in [0.4, 0.5) is 5.69 Å². The van der Waals surface area contributed by atoms with Gasteiger partial charge in [-0.3, -0.25) is 14.2 Å². The SMILES string of the molecule is CC1=C[C@H]2[C@H]3C(=O)N(c4ccccc4)C(=O)[C@H]3[C@@H]1[P@]2(=O)OCC(C)(C)C. The average Bonchev–Trinajstić information content (AvgIpc) is 3.08. The normalized spacial score (nSPS) is 35.8. The standard InChI is InChI=1S/C20H24NO4P/c1-12-10-14-15-16(17(12)26(14,24)25-11-20(2,3)4)19(23)21(18(15)22)13-8-6-5-7-9-13/h5-10,14-17H,11H2,1-4H3/t14-,15+,16+,17+,26+/m0/s1. The first kappa shape index (κ1) is 17.7. The molecule has 0 spiro atoms. The van der Waals surface area contributed by atoms with Gasteiger partial charge in [0.15, 0.2) is 0 Å². The fourth-order valence-electron chi connectivity index (χ4n) is 4.47. The number of hydrogen-bond donors (Lipinski definition) is 0. The number of fused-ring (bicyclic) bond motifs is 5. The number of carbonyl (C=O) groups is 2. The summed E-state index contributed by atoms with van der Waals surface area (Å²) in [6.07, 6.45) is 1.91. The van der Waals surface area contributed by atoms with E-state index in [2.05, 4.69) is 0 Å². The number of para-hydroxylation sites is 1. The number of nitrogens with zero attached hydrogens (tertiary/aromatic N) is 1. The van der Waals surface area contributed by atoms with E-state index in [4.69, 9.17) is 4.52 Å². The van der Waals surface area contributed by atoms with Gasteiger partial charge in [-0.2, -0.15) is 0 Å². The Bertz CT molecular complexity index is 854. The Morgan fingerprint density at radius 1 is 1.08 bits per heavy atom. The van der Waals surface area contributed by atoms with Gasteiger partial charge in [-0.15, -0.1) is 0 Å². The molecule has 0 aliphatic carbocycles. The zero-order valence-corrected chi connectivity index (χ0v) is 16.4. The zero-order chi connectivity index (χ0) is 18.9. The summed E-state index contributed by atoms with van der Waals surface area (Å²) in [7, 11) is -3.12. The summed E-state index contributed by atoms with van der Waals surface area (Å²) >= 11 is 0. The van der Waals surface area contributed by atoms with Gasteiger partial charge in [-0.05, 0) is 24.5 Å². The lowest BCUT2D eigenvalue weighted by atomic mass is 9.82. The van der Waals surface area contributed by atoms with Gasteiger partial charge in [0.05, 0.1) is 35.4 Å². The number of imide groups is 1. The molecule has 5 atom stereocenters. The summed E-state index contributed by atoms with van der Waals surface area (Å²) in [4.78, 5) is 27.5. The fraction of sp³-hybridized carbons (Fsp3) is 0.500. The quantitative estimate of drug-likeness (QED) is 0.459. The highest BCUT2D eigenvalue weighted by atomic mass is 31.2. The van der Waals surface area contributed by atoms with Crippen LogP contribution in [0.25, 0.3) is 0 Å². The van der Waals surface area contributed by atoms with E-state index in [1.807, 2.05) is 39.8 Å². The highest BCUT2D eigenvalue weighted by Crippen LogP contribution is 2.75. The van der Waals surface area contributed by atoms with Crippen molar-refractivity contribution >= 4 is 24.9 Å². The van der Waals surface area contributed by atoms with Crippen molar-refractivity contribution in [1.29, 1.82) is 0 Å². The zero-order valence-electron chi connectivity index (χ0n) is 15.5. The molecule has 2 amide bonds. The molecule has 2 fully saturated rings. The van der Waals surface area contributed by atoms with Gasteiger partial charge in [-0.1, -0.05) is 50.6 Å². The monoisotopic (exact) mass is 373 g/mol. The van der Waals surface area contributed by atoms with Crippen LogP contribution in [-0.4, -0.2) is 29.7 Å². The topological polar surface area (TPSA) is 63.7 Å². The molecule has 0 aromatic heterocycles. The lowest BCUT2D eigenvalue weighted by Gasteiger charge is -2.27. The Morgan fingerprint density at radius 3 is 2.31 bits per heavy atom. The van der Waals surface area contributed by atoms with E-state index in [1.54, 1.807) is 24.3 Å². The van der Waals surface area contributed by atoms with E-state index in [0.29, 0.717) is 12.3 Å². The van der Waals surface area contributed by atoms with Gasteiger partial charge in [-0.25, -0.2) is 4.90 Å². The van der Waals surface area contributed by atoms with Crippen molar-refractivity contribution in [2.24, 2.45) is 17.3 Å². The second-order valence-electron chi connectivity index (χ2n) is 8.72. The van der Waals surface area contributed by atoms with Crippen LogP contribution in [0.2, 0.25) is 0 Å². The smallest absolute Gasteiger partial charge is 0.238 e. The van der Waals surface area contributed by atoms with Crippen molar-refractivity contribution in [3.63, 3.8) is 0 Å². The van der Waals surface area contributed by atoms with Crippen LogP contribution in [0.5, 0.6) is 0 Å². The van der Waals surface area contributed by atoms with Crippen molar-refractivity contribution in [3.8, 4) is 0 Å². The van der Waals surface area contributed by atoms with Crippen LogP contribution in [0, 0.1) is 17.3 Å². The van der Waals surface area contributed by atoms with E-state index in [9.17, 15) is 14.2 Å². The Kier molecular flexibility index (Phi) is 3.84. The van der Waals surface area contributed by atoms with Crippen molar-refractivity contribution in [3.05, 3.63) is 42.0 Å². The number of anilines is 1. The molecule has 2 saturated heterocycles. The maximum Gasteiger partial charge on any atom is 0.238 e. The summed E-state index contributed by atoms with van der Waals surface area (Å²) in [6, 6.07) is 8.97. The number of allylic oxidation sites excluding steroid dienone is 2. The molecule has 0 radical (unpaired) electrons. The van der Waals surface area contributed by atoms with Crippen LogP contribution in [0.15, 0.2) is 42.0 Å². The summed E-state index contributed by atoms with van der Waals surface area (Å²) < 4.78 is 19.7. The number of carbonyl (C=O) groups excluding carboxylic acids is 2. The maximum atomic E-state index is 13.7. The minimum absolute atomic E-state index is 0.132. The number of rotatable bonds is 3. The third kappa shape index (κ3) is 2.37. The maximum absolute atomic E-state index is 13.7. The van der Waals surface area contributed by atoms with E-state index >= 15 is 0 Å². The predicted octanol–water partition coefficient (Wildman–Crippen LogP) is 3.84. The lowest BCUT2D eigenvalue weighted by Crippen LogP contribution is -2.34. The van der Waals surface area contributed by atoms with Crippen molar-refractivity contribution in [2.45, 2.75) is 39.0 Å². The molecule has 3 aliphatic rings. The highest BCUT2D eigenvalue weighted by Gasteiger charge is 2.71. The largest absolute Gasteiger partial charge is 0.327 e. The summed E-state index contributed by atoms with van der Waals surface area (Å²) in [6.45, 7) is 8.31. The molecule has 3 heterocycles. The van der Waals surface area contributed by atoms with Crippen LogP contribution in [-0.2, 0) is 18.7 Å². The van der Waals surface area contributed by atoms with Gasteiger partial charge < -0.3 is 4.52 Å². The molecule has 138 valence electrons. The average molecular weight is 373 g/mol. The lowest BCUT2D eigenvalue weighted by molar-refractivity contribution is -0.122. The molecule has 0 N–H and O–H groups in total. The van der Waals surface area contributed by atoms with E-state index < -0.39 is 30.5 Å². The van der Waals surface area contributed by atoms with Gasteiger partial charge in [0, 0.05) is 0 Å². The summed E-state index contributed by atoms with van der Waals surface area (Å²) in [5.41, 5.74) is 0.422. The first-order valence-electron chi connectivity index (χ1n) is 9.00.